The molecule has 0 bridgehead atoms. The highest BCUT2D eigenvalue weighted by Gasteiger charge is 2.57. The van der Waals surface area contributed by atoms with Crippen LogP contribution < -0.4 is 5.48 Å². The summed E-state index contributed by atoms with van der Waals surface area (Å²) in [6.45, 7) is 4.59. The van der Waals surface area contributed by atoms with E-state index in [4.69, 9.17) is 5.21 Å². The lowest BCUT2D eigenvalue weighted by Gasteiger charge is -2.63. The molecule has 2 amide bonds. The monoisotopic (exact) mass is 347 g/mol. The summed E-state index contributed by atoms with van der Waals surface area (Å²) in [6, 6.07) is 3.25. The van der Waals surface area contributed by atoms with Crippen LogP contribution in [0.4, 0.5) is 4.39 Å². The zero-order valence-electron chi connectivity index (χ0n) is 14.2. The van der Waals surface area contributed by atoms with Gasteiger partial charge in [-0.25, -0.2) is 9.87 Å². The number of carbonyl (C=O) groups is 2. The van der Waals surface area contributed by atoms with E-state index in [9.17, 15) is 14.0 Å². The Bertz CT molecular complexity index is 745. The van der Waals surface area contributed by atoms with Gasteiger partial charge in [0.2, 0.25) is 5.91 Å². The van der Waals surface area contributed by atoms with E-state index in [0.717, 1.165) is 38.0 Å². The largest absolute Gasteiger partial charge is 0.342 e. The van der Waals surface area contributed by atoms with Crippen LogP contribution in [0.3, 0.4) is 0 Å². The zero-order chi connectivity index (χ0) is 17.8. The number of nitrogens with one attached hydrogen (secondary N) is 1. The first kappa shape index (κ1) is 16.5. The van der Waals surface area contributed by atoms with Gasteiger partial charge in [0, 0.05) is 55.7 Å². The van der Waals surface area contributed by atoms with Gasteiger partial charge < -0.3 is 4.90 Å². The highest BCUT2D eigenvalue weighted by Crippen LogP contribution is 2.51. The second-order valence-corrected chi connectivity index (χ2v) is 7.55. The molecule has 25 heavy (non-hydrogen) atoms. The van der Waals surface area contributed by atoms with Crippen molar-refractivity contribution in [3.8, 4) is 0 Å². The lowest BCUT2D eigenvalue weighted by molar-refractivity contribution is -0.163. The molecule has 134 valence electrons. The lowest BCUT2D eigenvalue weighted by atomic mass is 9.58. The first-order valence-electron chi connectivity index (χ1n) is 8.69. The maximum Gasteiger partial charge on any atom is 0.274 e. The molecule has 1 spiro atoms. The van der Waals surface area contributed by atoms with Crippen molar-refractivity contribution < 1.29 is 19.2 Å². The van der Waals surface area contributed by atoms with Crippen LogP contribution in [0.15, 0.2) is 12.1 Å². The maximum atomic E-state index is 14.5. The fraction of sp³-hybridized carbons (Fsp3) is 0.556. The molecule has 2 aliphatic heterocycles. The summed E-state index contributed by atoms with van der Waals surface area (Å²) in [7, 11) is 0. The summed E-state index contributed by atoms with van der Waals surface area (Å²) in [6.07, 6.45) is 2.90. The van der Waals surface area contributed by atoms with E-state index in [-0.39, 0.29) is 16.9 Å². The summed E-state index contributed by atoms with van der Waals surface area (Å²) in [4.78, 5) is 27.2. The second kappa shape index (κ2) is 5.78. The number of amides is 2. The molecule has 1 unspecified atom stereocenters. The first-order valence-corrected chi connectivity index (χ1v) is 8.69. The van der Waals surface area contributed by atoms with Gasteiger partial charge >= 0.3 is 0 Å². The number of benzene rings is 1. The van der Waals surface area contributed by atoms with E-state index < -0.39 is 11.7 Å². The predicted molar refractivity (Wildman–Crippen MR) is 87.5 cm³/mol. The standard InChI is InChI=1S/C18H22FN3O3/c1-11(23)22-9-18(10-22)4-2-16(18)21-5-3-12-6-13(17(24)20-25)7-15(19)14(12)8-21/h6-7,16,25H,2-5,8-10H2,1H3,(H,20,24). The molecule has 1 saturated heterocycles. The van der Waals surface area contributed by atoms with Gasteiger partial charge in [-0.2, -0.15) is 0 Å². The molecule has 4 rings (SSSR count). The van der Waals surface area contributed by atoms with E-state index in [1.54, 1.807) is 18.5 Å². The van der Waals surface area contributed by atoms with Crippen LogP contribution in [0, 0.1) is 11.2 Å². The van der Waals surface area contributed by atoms with Crippen molar-refractivity contribution in [2.75, 3.05) is 19.6 Å². The van der Waals surface area contributed by atoms with Crippen molar-refractivity contribution in [1.29, 1.82) is 0 Å². The normalized spacial score (nSPS) is 24.3. The Morgan fingerprint density at radius 3 is 2.72 bits per heavy atom. The minimum absolute atomic E-state index is 0.126. The van der Waals surface area contributed by atoms with Gasteiger partial charge in [0.1, 0.15) is 5.82 Å². The number of hydroxylamine groups is 1. The Balaban J connectivity index is 1.50. The van der Waals surface area contributed by atoms with Gasteiger partial charge in [0.05, 0.1) is 0 Å². The number of hydrogen-bond donors (Lipinski definition) is 2. The molecular formula is C18H22FN3O3. The smallest absolute Gasteiger partial charge is 0.274 e. The van der Waals surface area contributed by atoms with Crippen LogP contribution in [-0.4, -0.2) is 52.5 Å². The summed E-state index contributed by atoms with van der Waals surface area (Å²) in [5.74, 6) is -0.963. The Morgan fingerprint density at radius 1 is 1.36 bits per heavy atom. The average molecular weight is 347 g/mol. The molecule has 2 fully saturated rings. The summed E-state index contributed by atoms with van der Waals surface area (Å²) >= 11 is 0. The minimum atomic E-state index is -0.694. The highest BCUT2D eigenvalue weighted by atomic mass is 19.1. The molecule has 2 N–H and O–H groups in total. The Morgan fingerprint density at radius 2 is 2.12 bits per heavy atom. The molecule has 1 aromatic rings. The van der Waals surface area contributed by atoms with Crippen LogP contribution in [0.2, 0.25) is 0 Å². The Hall–Kier alpha value is -1.99. The summed E-state index contributed by atoms with van der Waals surface area (Å²) in [5.41, 5.74) is 3.36. The quantitative estimate of drug-likeness (QED) is 0.625. The van der Waals surface area contributed by atoms with Crippen molar-refractivity contribution in [1.82, 2.24) is 15.3 Å². The fourth-order valence-electron chi connectivity index (χ4n) is 4.66. The molecule has 1 atom stereocenters. The summed E-state index contributed by atoms with van der Waals surface area (Å²) < 4.78 is 14.5. The topological polar surface area (TPSA) is 72.9 Å². The number of hydrogen-bond acceptors (Lipinski definition) is 4. The van der Waals surface area contributed by atoms with E-state index in [1.807, 2.05) is 4.90 Å². The van der Waals surface area contributed by atoms with Crippen LogP contribution in [0.5, 0.6) is 0 Å². The van der Waals surface area contributed by atoms with Gasteiger partial charge in [0.25, 0.3) is 5.91 Å². The molecule has 7 heteroatoms. The number of halogens is 1. The number of rotatable bonds is 2. The second-order valence-electron chi connectivity index (χ2n) is 7.55. The van der Waals surface area contributed by atoms with Crippen LogP contribution in [-0.2, 0) is 17.8 Å². The van der Waals surface area contributed by atoms with Gasteiger partial charge in [0.15, 0.2) is 0 Å². The van der Waals surface area contributed by atoms with E-state index in [1.165, 1.54) is 6.07 Å². The third-order valence-corrected chi connectivity index (χ3v) is 6.20. The third-order valence-electron chi connectivity index (χ3n) is 6.20. The molecular weight excluding hydrogens is 325 g/mol. The van der Waals surface area contributed by atoms with Gasteiger partial charge in [-0.15, -0.1) is 0 Å². The molecule has 0 radical (unpaired) electrons. The first-order chi connectivity index (χ1) is 11.9. The van der Waals surface area contributed by atoms with Gasteiger partial charge in [-0.3, -0.25) is 19.7 Å². The highest BCUT2D eigenvalue weighted by molar-refractivity contribution is 5.93. The van der Waals surface area contributed by atoms with Crippen molar-refractivity contribution in [3.05, 3.63) is 34.6 Å². The summed E-state index contributed by atoms with van der Waals surface area (Å²) in [5, 5.41) is 8.73. The number of nitrogens with zero attached hydrogens (tertiary/aromatic N) is 2. The van der Waals surface area contributed by atoms with E-state index in [0.29, 0.717) is 24.6 Å². The van der Waals surface area contributed by atoms with Crippen molar-refractivity contribution in [2.45, 2.75) is 38.8 Å². The number of carbonyl (C=O) groups excluding carboxylic acids is 2. The van der Waals surface area contributed by atoms with Crippen molar-refractivity contribution in [2.24, 2.45) is 5.41 Å². The van der Waals surface area contributed by atoms with Crippen molar-refractivity contribution >= 4 is 11.8 Å². The van der Waals surface area contributed by atoms with Gasteiger partial charge in [-0.05, 0) is 37.0 Å². The Kier molecular flexibility index (Phi) is 3.81. The molecule has 2 heterocycles. The molecule has 1 aromatic carbocycles. The SMILES string of the molecule is CC(=O)N1CC2(CCC2N2CCc3cc(C(=O)NO)cc(F)c3C2)C1. The molecule has 0 aromatic heterocycles. The number of likely N-dealkylation sites (tertiary alicyclic amines) is 1. The predicted octanol–water partition coefficient (Wildman–Crippen LogP) is 1.31. The molecule has 6 nitrogen and oxygen atoms in total. The minimum Gasteiger partial charge on any atom is -0.342 e. The number of fused-ring (bicyclic) bond motifs is 1. The molecule has 3 aliphatic rings. The maximum absolute atomic E-state index is 14.5. The molecule has 1 aliphatic carbocycles. The lowest BCUT2D eigenvalue weighted by Crippen LogP contribution is -2.71. The van der Waals surface area contributed by atoms with Crippen LogP contribution >= 0.6 is 0 Å². The molecule has 1 saturated carbocycles. The third kappa shape index (κ3) is 2.53. The van der Waals surface area contributed by atoms with Crippen LogP contribution in [0.1, 0.15) is 41.3 Å². The fourth-order valence-corrected chi connectivity index (χ4v) is 4.66. The van der Waals surface area contributed by atoms with E-state index >= 15 is 0 Å². The average Bonchev–Trinajstić information content (AvgIpc) is 2.52. The van der Waals surface area contributed by atoms with Crippen LogP contribution in [0.25, 0.3) is 0 Å². The Labute approximate surface area is 145 Å². The van der Waals surface area contributed by atoms with Crippen molar-refractivity contribution in [3.63, 3.8) is 0 Å². The van der Waals surface area contributed by atoms with Gasteiger partial charge in [-0.1, -0.05) is 0 Å². The zero-order valence-corrected chi connectivity index (χ0v) is 14.2. The van der Waals surface area contributed by atoms with E-state index in [2.05, 4.69) is 4.90 Å².